The summed E-state index contributed by atoms with van der Waals surface area (Å²) in [4.78, 5) is 28.8. The van der Waals surface area contributed by atoms with E-state index < -0.39 is 34.0 Å². The molecule has 2 aliphatic heterocycles. The molecule has 0 aliphatic carbocycles. The molecule has 182 valence electrons. The Bertz CT molecular complexity index is 787. The number of aliphatic carboxylic acids is 1. The van der Waals surface area contributed by atoms with Crippen LogP contribution in [-0.4, -0.2) is 74.9 Å². The molecule has 0 aromatic heterocycles. The first-order valence-electron chi connectivity index (χ1n) is 10.9. The number of carboxylic acids is 1. The third-order valence-corrected chi connectivity index (χ3v) is 6.42. The van der Waals surface area contributed by atoms with Crippen LogP contribution in [0.4, 0.5) is 0 Å². The van der Waals surface area contributed by atoms with E-state index in [9.17, 15) is 23.1 Å². The average Bonchev–Trinajstić information content (AvgIpc) is 3.24. The van der Waals surface area contributed by atoms with Gasteiger partial charge in [0.15, 0.2) is 0 Å². The highest BCUT2D eigenvalue weighted by molar-refractivity contribution is 7.89. The number of sulfonamides is 1. The van der Waals surface area contributed by atoms with E-state index in [2.05, 4.69) is 31.1 Å². The zero-order chi connectivity index (χ0) is 23.4. The first kappa shape index (κ1) is 26.0. The number of nitrogens with one attached hydrogen (secondary N) is 5. The molecule has 0 spiro atoms. The second kappa shape index (κ2) is 13.4. The molecule has 6 N–H and O–H groups in total. The van der Waals surface area contributed by atoms with Gasteiger partial charge in [0.05, 0.1) is 11.5 Å². The van der Waals surface area contributed by atoms with E-state index in [-0.39, 0.29) is 18.6 Å². The second-order valence-corrected chi connectivity index (χ2v) is 9.58. The average molecular weight is 475 g/mol. The topological polar surface area (TPSA) is 170 Å². The highest BCUT2D eigenvalue weighted by Gasteiger charge is 2.30. The summed E-state index contributed by atoms with van der Waals surface area (Å²) in [5.74, 6) is -2.05. The third-order valence-electron chi connectivity index (χ3n) is 4.95. The molecule has 3 atom stereocenters. The fourth-order valence-electron chi connectivity index (χ4n) is 3.12. The molecule has 12 nitrogen and oxygen atoms in total. The van der Waals surface area contributed by atoms with Crippen molar-refractivity contribution in [2.45, 2.75) is 63.9 Å². The maximum absolute atomic E-state index is 12.3. The Balaban J connectivity index is 1.64. The van der Waals surface area contributed by atoms with E-state index in [0.717, 1.165) is 31.6 Å². The molecular weight excluding hydrogens is 440 g/mol. The summed E-state index contributed by atoms with van der Waals surface area (Å²) in [5, 5.41) is 25.4. The van der Waals surface area contributed by atoms with Crippen molar-refractivity contribution in [3.8, 4) is 0 Å². The Kier molecular flexibility index (Phi) is 10.9. The van der Waals surface area contributed by atoms with Gasteiger partial charge < -0.3 is 20.6 Å². The van der Waals surface area contributed by atoms with Crippen LogP contribution in [0.5, 0.6) is 0 Å². The lowest BCUT2D eigenvalue weighted by molar-refractivity contribution is -0.139. The van der Waals surface area contributed by atoms with Crippen LogP contribution in [0.2, 0.25) is 0 Å². The summed E-state index contributed by atoms with van der Waals surface area (Å²) in [6.45, 7) is 3.10. The van der Waals surface area contributed by atoms with Crippen LogP contribution in [0.1, 0.15) is 45.4 Å². The fraction of sp³-hybridized carbons (Fsp3) is 0.737. The maximum Gasteiger partial charge on any atom is 0.323 e. The number of hydrogen-bond donors (Lipinski definition) is 6. The van der Waals surface area contributed by atoms with E-state index in [1.54, 1.807) is 0 Å². The van der Waals surface area contributed by atoms with Crippen molar-refractivity contribution in [2.75, 3.05) is 25.4 Å². The lowest BCUT2D eigenvalue weighted by Gasteiger charge is -2.22. The fourth-order valence-corrected chi connectivity index (χ4v) is 4.52. The highest BCUT2D eigenvalue weighted by atomic mass is 32.2. The maximum atomic E-state index is 12.3. The molecule has 2 aliphatic rings. The van der Waals surface area contributed by atoms with Gasteiger partial charge in [-0.1, -0.05) is 24.6 Å². The van der Waals surface area contributed by atoms with Gasteiger partial charge in [-0.2, -0.15) is 4.72 Å². The van der Waals surface area contributed by atoms with Crippen LogP contribution in [-0.2, 0) is 24.4 Å². The summed E-state index contributed by atoms with van der Waals surface area (Å²) in [6, 6.07) is -1.45. The molecule has 2 rings (SSSR count). The minimum atomic E-state index is -3.74. The lowest BCUT2D eigenvalue weighted by atomic mass is 10.1. The lowest BCUT2D eigenvalue weighted by Crippen LogP contribution is -2.53. The SMILES string of the molecule is CCCCS(=O)(=O)NC(CNC(=O)C1CC(CCCCNC2NC=CCN2)=NO1)C(=O)O. The van der Waals surface area contributed by atoms with Crippen molar-refractivity contribution in [2.24, 2.45) is 5.16 Å². The van der Waals surface area contributed by atoms with Crippen LogP contribution < -0.4 is 26.0 Å². The second-order valence-electron chi connectivity index (χ2n) is 7.70. The van der Waals surface area contributed by atoms with Crippen molar-refractivity contribution in [3.63, 3.8) is 0 Å². The van der Waals surface area contributed by atoms with Gasteiger partial charge in [0.2, 0.25) is 16.1 Å². The van der Waals surface area contributed by atoms with Crippen molar-refractivity contribution >= 4 is 27.6 Å². The predicted octanol–water partition coefficient (Wildman–Crippen LogP) is -0.830. The van der Waals surface area contributed by atoms with Gasteiger partial charge in [-0.3, -0.25) is 20.2 Å². The monoisotopic (exact) mass is 474 g/mol. The van der Waals surface area contributed by atoms with Crippen LogP contribution >= 0.6 is 0 Å². The van der Waals surface area contributed by atoms with Crippen molar-refractivity contribution in [1.82, 2.24) is 26.0 Å². The molecule has 0 saturated heterocycles. The first-order valence-corrected chi connectivity index (χ1v) is 12.6. The van der Waals surface area contributed by atoms with E-state index >= 15 is 0 Å². The zero-order valence-corrected chi connectivity index (χ0v) is 19.1. The molecule has 2 heterocycles. The van der Waals surface area contributed by atoms with E-state index in [4.69, 9.17) is 4.84 Å². The van der Waals surface area contributed by atoms with Crippen molar-refractivity contribution < 1.29 is 28.0 Å². The molecular formula is C19H34N6O6S. The van der Waals surface area contributed by atoms with Crippen LogP contribution in [0.25, 0.3) is 0 Å². The Hall–Kier alpha value is -2.22. The van der Waals surface area contributed by atoms with Gasteiger partial charge in [-0.25, -0.2) is 8.42 Å². The summed E-state index contributed by atoms with van der Waals surface area (Å²) in [7, 11) is -3.74. The van der Waals surface area contributed by atoms with Gasteiger partial charge in [0, 0.05) is 19.5 Å². The highest BCUT2D eigenvalue weighted by Crippen LogP contribution is 2.15. The first-order chi connectivity index (χ1) is 15.3. The van der Waals surface area contributed by atoms with Gasteiger partial charge in [0.1, 0.15) is 12.3 Å². The molecule has 13 heteroatoms. The number of nitrogens with zero attached hydrogens (tertiary/aromatic N) is 1. The smallest absolute Gasteiger partial charge is 0.323 e. The van der Waals surface area contributed by atoms with Gasteiger partial charge in [0.25, 0.3) is 5.91 Å². The molecule has 0 bridgehead atoms. The number of carbonyl (C=O) groups excluding carboxylic acids is 1. The van der Waals surface area contributed by atoms with E-state index in [1.807, 2.05) is 19.2 Å². The number of hydrogen-bond acceptors (Lipinski definition) is 9. The molecule has 0 fully saturated rings. The number of oxime groups is 1. The minimum absolute atomic E-state index is 0.0611. The summed E-state index contributed by atoms with van der Waals surface area (Å²) < 4.78 is 26.0. The molecule has 0 aromatic rings. The predicted molar refractivity (Wildman–Crippen MR) is 119 cm³/mol. The van der Waals surface area contributed by atoms with E-state index in [0.29, 0.717) is 25.7 Å². The van der Waals surface area contributed by atoms with Crippen LogP contribution in [0.3, 0.4) is 0 Å². The van der Waals surface area contributed by atoms with Gasteiger partial charge in [-0.15, -0.1) is 0 Å². The molecule has 0 radical (unpaired) electrons. The van der Waals surface area contributed by atoms with Crippen LogP contribution in [0.15, 0.2) is 17.4 Å². The Labute approximate surface area is 188 Å². The number of amides is 1. The van der Waals surface area contributed by atoms with E-state index in [1.165, 1.54) is 0 Å². The molecule has 1 amide bonds. The third kappa shape index (κ3) is 9.51. The molecule has 0 saturated carbocycles. The minimum Gasteiger partial charge on any atom is -0.480 e. The number of unbranched alkanes of at least 4 members (excludes halogenated alkanes) is 2. The molecule has 32 heavy (non-hydrogen) atoms. The number of carbonyl (C=O) groups is 2. The zero-order valence-electron chi connectivity index (χ0n) is 18.3. The summed E-state index contributed by atoms with van der Waals surface area (Å²) in [5.41, 5.74) is 0.775. The number of rotatable bonds is 15. The Morgan fingerprint density at radius 1 is 1.34 bits per heavy atom. The van der Waals surface area contributed by atoms with Gasteiger partial charge >= 0.3 is 5.97 Å². The van der Waals surface area contributed by atoms with Crippen molar-refractivity contribution in [1.29, 1.82) is 0 Å². The quantitative estimate of drug-likeness (QED) is 0.166. The molecule has 0 aromatic carbocycles. The number of carboxylic acid groups (broad SMARTS) is 1. The molecule has 3 unspecified atom stereocenters. The Morgan fingerprint density at radius 2 is 2.16 bits per heavy atom. The van der Waals surface area contributed by atoms with Crippen LogP contribution in [0, 0.1) is 0 Å². The van der Waals surface area contributed by atoms with Crippen molar-refractivity contribution in [3.05, 3.63) is 12.3 Å². The summed E-state index contributed by atoms with van der Waals surface area (Å²) >= 11 is 0. The summed E-state index contributed by atoms with van der Waals surface area (Å²) in [6.07, 6.45) is 7.06. The van der Waals surface area contributed by atoms with Gasteiger partial charge in [-0.05, 0) is 38.4 Å². The Morgan fingerprint density at radius 3 is 2.84 bits per heavy atom. The normalized spacial score (nSPS) is 21.3. The standard InChI is InChI=1S/C19H34N6O6S/c1-2-3-11-32(29,30)25-15(18(27)28)13-23-17(26)16-12-14(24-31-16)7-4-5-8-20-19-21-9-6-10-22-19/h6,9,15-16,19-22,25H,2-5,7-8,10-13H2,1H3,(H,23,26)(H,27,28). The largest absolute Gasteiger partial charge is 0.480 e.